The van der Waals surface area contributed by atoms with Crippen LogP contribution in [0, 0.1) is 13.8 Å². The van der Waals surface area contributed by atoms with Gasteiger partial charge in [0.15, 0.2) is 0 Å². The molecule has 7 nitrogen and oxygen atoms in total. The Labute approximate surface area is 149 Å². The highest BCUT2D eigenvalue weighted by atomic mass is 35.5. The van der Waals surface area contributed by atoms with Crippen molar-refractivity contribution in [2.45, 2.75) is 18.7 Å². The normalized spacial score (nSPS) is 11.5. The number of nitrogens with one attached hydrogen (secondary N) is 3. The van der Waals surface area contributed by atoms with Gasteiger partial charge in [0.2, 0.25) is 10.0 Å². The third kappa shape index (κ3) is 4.27. The Balaban J connectivity index is 1.90. The summed E-state index contributed by atoms with van der Waals surface area (Å²) in [4.78, 5) is 12.1. The first kappa shape index (κ1) is 18.7. The Morgan fingerprint density at radius 2 is 1.92 bits per heavy atom. The predicted molar refractivity (Wildman–Crippen MR) is 92.0 cm³/mol. The Morgan fingerprint density at radius 1 is 1.21 bits per heavy atom. The first-order chi connectivity index (χ1) is 11.2. The lowest BCUT2D eigenvalue weighted by Gasteiger charge is -2.08. The lowest BCUT2D eigenvalue weighted by atomic mass is 10.2. The largest absolute Gasteiger partial charge is 0.351 e. The molecule has 0 aliphatic rings. The van der Waals surface area contributed by atoms with E-state index in [9.17, 15) is 13.2 Å². The number of amides is 1. The van der Waals surface area contributed by atoms with E-state index in [-0.39, 0.29) is 28.9 Å². The molecule has 0 radical (unpaired) electrons. The number of rotatable bonds is 6. The second-order valence-electron chi connectivity index (χ2n) is 5.05. The number of sulfonamides is 1. The number of aryl methyl sites for hydroxylation is 2. The summed E-state index contributed by atoms with van der Waals surface area (Å²) < 4.78 is 26.9. The van der Waals surface area contributed by atoms with Crippen molar-refractivity contribution in [3.63, 3.8) is 0 Å². The number of benzene rings is 1. The van der Waals surface area contributed by atoms with E-state index in [1.165, 1.54) is 18.2 Å². The van der Waals surface area contributed by atoms with Crippen LogP contribution >= 0.6 is 23.2 Å². The minimum atomic E-state index is -3.69. The average Bonchev–Trinajstić information content (AvgIpc) is 2.86. The molecule has 0 atom stereocenters. The minimum Gasteiger partial charge on any atom is -0.351 e. The minimum absolute atomic E-state index is 0.0411. The van der Waals surface area contributed by atoms with Crippen LogP contribution in [0.15, 0.2) is 23.1 Å². The highest BCUT2D eigenvalue weighted by Gasteiger charge is 2.21. The SMILES string of the molecule is Cc1n[nH]c(C)c1S(=O)(=O)NCCNC(=O)c1ccc(Cl)c(Cl)c1. The molecule has 3 N–H and O–H groups in total. The zero-order valence-electron chi connectivity index (χ0n) is 13.0. The van der Waals surface area contributed by atoms with Gasteiger partial charge >= 0.3 is 0 Å². The number of aromatic amines is 1. The van der Waals surface area contributed by atoms with Crippen LogP contribution < -0.4 is 10.0 Å². The van der Waals surface area contributed by atoms with Crippen molar-refractivity contribution in [1.82, 2.24) is 20.2 Å². The molecule has 10 heteroatoms. The van der Waals surface area contributed by atoms with Crippen molar-refractivity contribution in [3.05, 3.63) is 45.2 Å². The van der Waals surface area contributed by atoms with Crippen molar-refractivity contribution < 1.29 is 13.2 Å². The summed E-state index contributed by atoms with van der Waals surface area (Å²) in [7, 11) is -3.69. The molecule has 0 saturated heterocycles. The number of carbonyl (C=O) groups excluding carboxylic acids is 1. The Hall–Kier alpha value is -1.61. The number of carbonyl (C=O) groups is 1. The van der Waals surface area contributed by atoms with Gasteiger partial charge in [-0.1, -0.05) is 23.2 Å². The molecule has 2 rings (SSSR count). The number of aromatic nitrogens is 2. The third-order valence-electron chi connectivity index (χ3n) is 3.21. The molecule has 0 saturated carbocycles. The third-order valence-corrected chi connectivity index (χ3v) is 5.68. The Morgan fingerprint density at radius 3 is 2.50 bits per heavy atom. The summed E-state index contributed by atoms with van der Waals surface area (Å²) in [6.45, 7) is 3.39. The summed E-state index contributed by atoms with van der Waals surface area (Å²) in [6.07, 6.45) is 0. The van der Waals surface area contributed by atoms with E-state index in [1.807, 2.05) is 0 Å². The maximum absolute atomic E-state index is 12.2. The molecule has 1 amide bonds. The lowest BCUT2D eigenvalue weighted by molar-refractivity contribution is 0.0954. The molecule has 24 heavy (non-hydrogen) atoms. The van der Waals surface area contributed by atoms with Crippen LogP contribution in [0.3, 0.4) is 0 Å². The fraction of sp³-hybridized carbons (Fsp3) is 0.286. The van der Waals surface area contributed by atoms with Crippen molar-refractivity contribution in [1.29, 1.82) is 0 Å². The van der Waals surface area contributed by atoms with E-state index < -0.39 is 10.0 Å². The van der Waals surface area contributed by atoms with Crippen molar-refractivity contribution in [2.24, 2.45) is 0 Å². The Kier molecular flexibility index (Phi) is 5.87. The average molecular weight is 391 g/mol. The molecule has 1 aromatic heterocycles. The summed E-state index contributed by atoms with van der Waals surface area (Å²) in [5, 5.41) is 9.71. The van der Waals surface area contributed by atoms with E-state index in [4.69, 9.17) is 23.2 Å². The zero-order valence-corrected chi connectivity index (χ0v) is 15.3. The van der Waals surface area contributed by atoms with Gasteiger partial charge in [-0.2, -0.15) is 5.10 Å². The fourth-order valence-corrected chi connectivity index (χ4v) is 3.81. The molecule has 1 aromatic carbocycles. The van der Waals surface area contributed by atoms with Crippen LogP contribution in [0.1, 0.15) is 21.7 Å². The molecule has 1 heterocycles. The highest BCUT2D eigenvalue weighted by molar-refractivity contribution is 7.89. The fourth-order valence-electron chi connectivity index (χ4n) is 2.11. The van der Waals surface area contributed by atoms with Crippen molar-refractivity contribution in [3.8, 4) is 0 Å². The van der Waals surface area contributed by atoms with Crippen LogP contribution in [0.2, 0.25) is 10.0 Å². The first-order valence-electron chi connectivity index (χ1n) is 6.97. The van der Waals surface area contributed by atoms with E-state index in [0.717, 1.165) is 0 Å². The summed E-state index contributed by atoms with van der Waals surface area (Å²) in [6, 6.07) is 4.50. The highest BCUT2D eigenvalue weighted by Crippen LogP contribution is 2.22. The van der Waals surface area contributed by atoms with Gasteiger partial charge in [-0.3, -0.25) is 9.89 Å². The van der Waals surface area contributed by atoms with Crippen LogP contribution in [-0.2, 0) is 10.0 Å². The number of H-pyrrole nitrogens is 1. The quantitative estimate of drug-likeness (QED) is 0.656. The zero-order chi connectivity index (χ0) is 17.9. The molecule has 130 valence electrons. The van der Waals surface area contributed by atoms with E-state index in [0.29, 0.717) is 22.0 Å². The topological polar surface area (TPSA) is 104 Å². The van der Waals surface area contributed by atoms with Crippen LogP contribution in [0.5, 0.6) is 0 Å². The van der Waals surface area contributed by atoms with E-state index >= 15 is 0 Å². The smallest absolute Gasteiger partial charge is 0.251 e. The molecule has 0 aliphatic carbocycles. The molecule has 0 aliphatic heterocycles. The molecule has 0 spiro atoms. The number of hydrogen-bond acceptors (Lipinski definition) is 4. The van der Waals surface area contributed by atoms with E-state index in [2.05, 4.69) is 20.2 Å². The van der Waals surface area contributed by atoms with Gasteiger partial charge in [-0.05, 0) is 32.0 Å². The molecular formula is C14H16Cl2N4O3S. The molecular weight excluding hydrogens is 375 g/mol. The van der Waals surface area contributed by atoms with Gasteiger partial charge in [0.1, 0.15) is 4.90 Å². The lowest BCUT2D eigenvalue weighted by Crippen LogP contribution is -2.35. The van der Waals surface area contributed by atoms with Crippen molar-refractivity contribution in [2.75, 3.05) is 13.1 Å². The Bertz CT molecular complexity index is 845. The van der Waals surface area contributed by atoms with E-state index in [1.54, 1.807) is 13.8 Å². The van der Waals surface area contributed by atoms with Crippen LogP contribution in [0.4, 0.5) is 0 Å². The molecule has 0 bridgehead atoms. The van der Waals surface area contributed by atoms with Gasteiger partial charge in [-0.25, -0.2) is 13.1 Å². The van der Waals surface area contributed by atoms with Gasteiger partial charge in [0.05, 0.1) is 21.4 Å². The first-order valence-corrected chi connectivity index (χ1v) is 9.21. The monoisotopic (exact) mass is 390 g/mol. The number of nitrogens with zero attached hydrogens (tertiary/aromatic N) is 1. The second kappa shape index (κ2) is 7.52. The van der Waals surface area contributed by atoms with Gasteiger partial charge in [-0.15, -0.1) is 0 Å². The standard InChI is InChI=1S/C14H16Cl2N4O3S/c1-8-13(9(2)20-19-8)24(22,23)18-6-5-17-14(21)10-3-4-11(15)12(16)7-10/h3-4,7,18H,5-6H2,1-2H3,(H,17,21)(H,19,20). The number of hydrogen-bond donors (Lipinski definition) is 3. The second-order valence-corrected chi connectivity index (χ2v) is 7.56. The van der Waals surface area contributed by atoms with Gasteiger partial charge < -0.3 is 5.32 Å². The molecule has 0 unspecified atom stereocenters. The van der Waals surface area contributed by atoms with Crippen LogP contribution in [0.25, 0.3) is 0 Å². The van der Waals surface area contributed by atoms with Crippen molar-refractivity contribution >= 4 is 39.1 Å². The predicted octanol–water partition coefficient (Wildman–Crippen LogP) is 2.04. The van der Waals surface area contributed by atoms with Gasteiger partial charge in [0, 0.05) is 18.7 Å². The molecule has 2 aromatic rings. The maximum Gasteiger partial charge on any atom is 0.251 e. The van der Waals surface area contributed by atoms with Gasteiger partial charge in [0.25, 0.3) is 5.91 Å². The summed E-state index contributed by atoms with van der Waals surface area (Å²) in [5.41, 5.74) is 1.19. The summed E-state index contributed by atoms with van der Waals surface area (Å²) >= 11 is 11.6. The van der Waals surface area contributed by atoms with Crippen LogP contribution in [-0.4, -0.2) is 37.6 Å². The number of halogens is 2. The summed E-state index contributed by atoms with van der Waals surface area (Å²) in [5.74, 6) is -0.372. The molecule has 0 fully saturated rings. The maximum atomic E-state index is 12.2.